The van der Waals surface area contributed by atoms with Gasteiger partial charge in [0.05, 0.1) is 18.0 Å². The number of carbonyl (C=O) groups excluding carboxylic acids is 3. The monoisotopic (exact) mass is 460 g/mol. The average Bonchev–Trinajstić information content (AvgIpc) is 2.74. The van der Waals surface area contributed by atoms with E-state index in [2.05, 4.69) is 15.6 Å². The third-order valence-electron chi connectivity index (χ3n) is 6.25. The lowest BCUT2D eigenvalue weighted by Gasteiger charge is -2.42. The van der Waals surface area contributed by atoms with Crippen LogP contribution in [0.5, 0.6) is 0 Å². The molecule has 9 heteroatoms. The Labute approximate surface area is 195 Å². The molecule has 1 saturated heterocycles. The Bertz CT molecular complexity index is 874. The number of aliphatic hydroxyl groups is 1. The maximum Gasteiger partial charge on any atom is 0.413 e. The number of piperidine rings is 1. The first-order valence-corrected chi connectivity index (χ1v) is 11.8. The number of aliphatic hydroxyl groups excluding tert-OH is 1. The quantitative estimate of drug-likeness (QED) is 0.593. The summed E-state index contributed by atoms with van der Waals surface area (Å²) in [6.07, 6.45) is 6.64. The van der Waals surface area contributed by atoms with Crippen LogP contribution in [0.25, 0.3) is 0 Å². The zero-order chi connectivity index (χ0) is 24.2. The van der Waals surface area contributed by atoms with E-state index < -0.39 is 23.5 Å². The van der Waals surface area contributed by atoms with Gasteiger partial charge in [-0.05, 0) is 90.2 Å². The molecule has 1 aliphatic carbocycles. The fourth-order valence-electron chi connectivity index (χ4n) is 4.68. The van der Waals surface area contributed by atoms with Gasteiger partial charge in [0.1, 0.15) is 11.4 Å². The summed E-state index contributed by atoms with van der Waals surface area (Å²) >= 11 is 0. The standard InChI is InChI=1S/C24H36N4O5/c1-15-13-17(14-25-20(15)27-23(32)33-24(2,3)4)26-21(30)22(31)28-12-6-5-7-19(28)16-8-10-18(29)11-9-16/h13-14,16,18-19,29H,5-12H2,1-4H3,(H,26,30)(H,25,27,32)/t16-,18-,19-/m1/s1. The minimum Gasteiger partial charge on any atom is -0.444 e. The van der Waals surface area contributed by atoms with Gasteiger partial charge in [-0.1, -0.05) is 0 Å². The van der Waals surface area contributed by atoms with Crippen molar-refractivity contribution in [1.82, 2.24) is 9.88 Å². The van der Waals surface area contributed by atoms with E-state index in [0.717, 1.165) is 44.9 Å². The molecular weight excluding hydrogens is 424 g/mol. The number of aromatic nitrogens is 1. The molecule has 3 rings (SSSR count). The van der Waals surface area contributed by atoms with Crippen LogP contribution >= 0.6 is 0 Å². The number of nitrogens with zero attached hydrogens (tertiary/aromatic N) is 2. The Hall–Kier alpha value is -2.68. The Morgan fingerprint density at radius 1 is 1.09 bits per heavy atom. The van der Waals surface area contributed by atoms with Gasteiger partial charge in [0, 0.05) is 12.6 Å². The Morgan fingerprint density at radius 3 is 2.42 bits per heavy atom. The second-order valence-corrected chi connectivity index (χ2v) is 10.1. The minimum atomic E-state index is -0.688. The molecule has 0 spiro atoms. The average molecular weight is 461 g/mol. The van der Waals surface area contributed by atoms with Crippen LogP contribution in [-0.4, -0.2) is 57.2 Å². The van der Waals surface area contributed by atoms with Crippen LogP contribution in [0.3, 0.4) is 0 Å². The molecule has 1 aliphatic heterocycles. The topological polar surface area (TPSA) is 121 Å². The Morgan fingerprint density at radius 2 is 1.79 bits per heavy atom. The summed E-state index contributed by atoms with van der Waals surface area (Å²) in [5.74, 6) is -0.567. The molecule has 2 aliphatic rings. The highest BCUT2D eigenvalue weighted by atomic mass is 16.6. The third kappa shape index (κ3) is 6.90. The van der Waals surface area contributed by atoms with Gasteiger partial charge in [0.25, 0.3) is 0 Å². The number of nitrogens with one attached hydrogen (secondary N) is 2. The molecular formula is C24H36N4O5. The van der Waals surface area contributed by atoms with Crippen molar-refractivity contribution in [2.24, 2.45) is 5.92 Å². The highest BCUT2D eigenvalue weighted by Crippen LogP contribution is 2.34. The minimum absolute atomic E-state index is 0.0461. The van der Waals surface area contributed by atoms with Crippen molar-refractivity contribution < 1.29 is 24.2 Å². The number of pyridine rings is 1. The lowest BCUT2D eigenvalue weighted by Crippen LogP contribution is -2.52. The third-order valence-corrected chi connectivity index (χ3v) is 6.25. The van der Waals surface area contributed by atoms with Gasteiger partial charge in [0.15, 0.2) is 0 Å². The molecule has 0 bridgehead atoms. The van der Waals surface area contributed by atoms with Gasteiger partial charge in [-0.25, -0.2) is 9.78 Å². The fourth-order valence-corrected chi connectivity index (χ4v) is 4.68. The van der Waals surface area contributed by atoms with Crippen LogP contribution in [0.4, 0.5) is 16.3 Å². The molecule has 3 amide bonds. The van der Waals surface area contributed by atoms with Gasteiger partial charge in [0.2, 0.25) is 0 Å². The molecule has 0 aromatic carbocycles. The van der Waals surface area contributed by atoms with Crippen molar-refractivity contribution in [2.75, 3.05) is 17.2 Å². The van der Waals surface area contributed by atoms with Crippen LogP contribution in [0, 0.1) is 12.8 Å². The predicted molar refractivity (Wildman–Crippen MR) is 125 cm³/mol. The molecule has 182 valence electrons. The maximum atomic E-state index is 13.0. The van der Waals surface area contributed by atoms with E-state index >= 15 is 0 Å². The van der Waals surface area contributed by atoms with Gasteiger partial charge in [-0.15, -0.1) is 0 Å². The predicted octanol–water partition coefficient (Wildman–Crippen LogP) is 3.61. The fraction of sp³-hybridized carbons (Fsp3) is 0.667. The van der Waals surface area contributed by atoms with E-state index in [1.165, 1.54) is 6.20 Å². The molecule has 1 saturated carbocycles. The van der Waals surface area contributed by atoms with Crippen molar-refractivity contribution in [2.45, 2.75) is 90.4 Å². The Kier molecular flexibility index (Phi) is 7.94. The number of carbonyl (C=O) groups is 3. The van der Waals surface area contributed by atoms with Gasteiger partial charge < -0.3 is 20.1 Å². The molecule has 2 heterocycles. The maximum absolute atomic E-state index is 13.0. The Balaban J connectivity index is 1.62. The van der Waals surface area contributed by atoms with Crippen LogP contribution < -0.4 is 10.6 Å². The smallest absolute Gasteiger partial charge is 0.413 e. The highest BCUT2D eigenvalue weighted by Gasteiger charge is 2.37. The van der Waals surface area contributed by atoms with E-state index in [-0.39, 0.29) is 12.1 Å². The molecule has 0 radical (unpaired) electrons. The zero-order valence-electron chi connectivity index (χ0n) is 20.0. The van der Waals surface area contributed by atoms with Crippen LogP contribution in [0.15, 0.2) is 12.3 Å². The lowest BCUT2D eigenvalue weighted by molar-refractivity contribution is -0.147. The highest BCUT2D eigenvalue weighted by molar-refractivity contribution is 6.39. The van der Waals surface area contributed by atoms with Crippen molar-refractivity contribution in [3.63, 3.8) is 0 Å². The van der Waals surface area contributed by atoms with Gasteiger partial charge >= 0.3 is 17.9 Å². The van der Waals surface area contributed by atoms with Crippen molar-refractivity contribution in [3.8, 4) is 0 Å². The first-order valence-electron chi connectivity index (χ1n) is 11.8. The number of ether oxygens (including phenoxy) is 1. The van der Waals surface area contributed by atoms with E-state index in [1.54, 1.807) is 38.7 Å². The molecule has 1 atom stereocenters. The second-order valence-electron chi connectivity index (χ2n) is 10.1. The summed E-state index contributed by atoms with van der Waals surface area (Å²) in [6, 6.07) is 1.70. The SMILES string of the molecule is Cc1cc(NC(=O)C(=O)N2CCCC[C@@H]2[C@H]2CC[C@H](O)CC2)cnc1NC(=O)OC(C)(C)C. The summed E-state index contributed by atoms with van der Waals surface area (Å²) in [5, 5.41) is 15.1. The second kappa shape index (κ2) is 10.5. The molecule has 1 aromatic rings. The number of rotatable bonds is 3. The van der Waals surface area contributed by atoms with Crippen molar-refractivity contribution >= 4 is 29.4 Å². The number of amides is 3. The number of aryl methyl sites for hydroxylation is 1. The van der Waals surface area contributed by atoms with Gasteiger partial charge in [-0.2, -0.15) is 0 Å². The van der Waals surface area contributed by atoms with Crippen molar-refractivity contribution in [3.05, 3.63) is 17.8 Å². The van der Waals surface area contributed by atoms with E-state index in [9.17, 15) is 19.5 Å². The molecule has 2 fully saturated rings. The first-order chi connectivity index (χ1) is 15.5. The number of anilines is 2. The van der Waals surface area contributed by atoms with Crippen LogP contribution in [-0.2, 0) is 14.3 Å². The van der Waals surface area contributed by atoms with Gasteiger partial charge in [-0.3, -0.25) is 14.9 Å². The normalized spacial score (nSPS) is 23.5. The first kappa shape index (κ1) is 25.0. The van der Waals surface area contributed by atoms with E-state index in [1.807, 2.05) is 0 Å². The molecule has 0 unspecified atom stereocenters. The molecule has 9 nitrogen and oxygen atoms in total. The number of likely N-dealkylation sites (tertiary alicyclic amines) is 1. The summed E-state index contributed by atoms with van der Waals surface area (Å²) in [7, 11) is 0. The lowest BCUT2D eigenvalue weighted by atomic mass is 9.79. The summed E-state index contributed by atoms with van der Waals surface area (Å²) < 4.78 is 5.23. The van der Waals surface area contributed by atoms with Crippen LogP contribution in [0.1, 0.15) is 71.3 Å². The van der Waals surface area contributed by atoms with E-state index in [4.69, 9.17) is 4.74 Å². The summed E-state index contributed by atoms with van der Waals surface area (Å²) in [5.41, 5.74) is 0.383. The summed E-state index contributed by atoms with van der Waals surface area (Å²) in [6.45, 7) is 7.63. The molecule has 33 heavy (non-hydrogen) atoms. The van der Waals surface area contributed by atoms with Crippen LogP contribution in [0.2, 0.25) is 0 Å². The number of hydrogen-bond acceptors (Lipinski definition) is 6. The largest absolute Gasteiger partial charge is 0.444 e. The zero-order valence-corrected chi connectivity index (χ0v) is 20.0. The van der Waals surface area contributed by atoms with E-state index in [0.29, 0.717) is 29.5 Å². The molecule has 1 aromatic heterocycles. The molecule has 3 N–H and O–H groups in total. The number of hydrogen-bond donors (Lipinski definition) is 3. The van der Waals surface area contributed by atoms with Crippen molar-refractivity contribution in [1.29, 1.82) is 0 Å². The summed E-state index contributed by atoms with van der Waals surface area (Å²) in [4.78, 5) is 43.7.